The average Bonchev–Trinajstić information content (AvgIpc) is 2.43. The van der Waals surface area contributed by atoms with E-state index in [0.29, 0.717) is 24.0 Å². The maximum Gasteiger partial charge on any atom is 0.129 e. The van der Waals surface area contributed by atoms with Crippen molar-refractivity contribution in [3.05, 3.63) is 64.5 Å². The lowest BCUT2D eigenvalue weighted by Crippen LogP contribution is -2.01. The highest BCUT2D eigenvalue weighted by atomic mass is 19.1. The first-order valence-electron chi connectivity index (χ1n) is 7.30. The summed E-state index contributed by atoms with van der Waals surface area (Å²) < 4.78 is 14.4. The Hall–Kier alpha value is -1.83. The molecule has 20 heavy (non-hydrogen) atoms. The van der Waals surface area contributed by atoms with Gasteiger partial charge in [0.25, 0.3) is 0 Å². The van der Waals surface area contributed by atoms with Crippen LogP contribution in [0, 0.1) is 5.82 Å². The minimum absolute atomic E-state index is 0.118. The van der Waals surface area contributed by atoms with Gasteiger partial charge in [-0.3, -0.25) is 0 Å². The zero-order chi connectivity index (χ0) is 13.9. The van der Waals surface area contributed by atoms with E-state index in [0.717, 1.165) is 25.7 Å². The molecule has 3 rings (SSSR count). The highest BCUT2D eigenvalue weighted by Gasteiger charge is 2.12. The van der Waals surface area contributed by atoms with Gasteiger partial charge < -0.3 is 5.11 Å². The third-order valence-corrected chi connectivity index (χ3v) is 4.02. The molecule has 0 heterocycles. The Labute approximate surface area is 119 Å². The molecule has 0 aliphatic heterocycles. The Bertz CT molecular complexity index is 572. The van der Waals surface area contributed by atoms with Crippen molar-refractivity contribution >= 4 is 0 Å². The molecule has 1 aliphatic carbocycles. The van der Waals surface area contributed by atoms with Gasteiger partial charge in [-0.2, -0.15) is 0 Å². The van der Waals surface area contributed by atoms with E-state index in [9.17, 15) is 9.50 Å². The molecular formula is C18H19FO. The van der Waals surface area contributed by atoms with Crippen molar-refractivity contribution in [2.24, 2.45) is 0 Å². The molecule has 0 radical (unpaired) electrons. The molecule has 1 nitrogen and oxygen atoms in total. The average molecular weight is 270 g/mol. The number of hydrogen-bond acceptors (Lipinski definition) is 1. The summed E-state index contributed by atoms with van der Waals surface area (Å²) in [6.07, 6.45) is 5.08. The van der Waals surface area contributed by atoms with Crippen molar-refractivity contribution in [3.63, 3.8) is 0 Å². The van der Waals surface area contributed by atoms with E-state index >= 15 is 0 Å². The van der Waals surface area contributed by atoms with Crippen LogP contribution in [0.1, 0.15) is 35.1 Å². The number of fused-ring (bicyclic) bond motifs is 4. The molecule has 0 spiro atoms. The number of phenolic OH excluding ortho intramolecular Hbond substituents is 1. The van der Waals surface area contributed by atoms with Gasteiger partial charge in [0.2, 0.25) is 0 Å². The van der Waals surface area contributed by atoms with Crippen molar-refractivity contribution in [1.82, 2.24) is 0 Å². The highest BCUT2D eigenvalue weighted by Crippen LogP contribution is 2.24. The van der Waals surface area contributed by atoms with Crippen molar-refractivity contribution in [1.29, 1.82) is 0 Å². The van der Waals surface area contributed by atoms with Gasteiger partial charge in [0, 0.05) is 0 Å². The van der Waals surface area contributed by atoms with E-state index in [4.69, 9.17) is 0 Å². The Balaban J connectivity index is 1.92. The van der Waals surface area contributed by atoms with Gasteiger partial charge in [0.15, 0.2) is 0 Å². The lowest BCUT2D eigenvalue weighted by atomic mass is 9.95. The molecule has 2 aromatic rings. The zero-order valence-electron chi connectivity index (χ0n) is 11.5. The van der Waals surface area contributed by atoms with Crippen molar-refractivity contribution in [3.8, 4) is 5.75 Å². The lowest BCUT2D eigenvalue weighted by molar-refractivity contribution is 0.468. The van der Waals surface area contributed by atoms with Gasteiger partial charge >= 0.3 is 0 Å². The fourth-order valence-electron chi connectivity index (χ4n) is 3.00. The van der Waals surface area contributed by atoms with Crippen LogP contribution in [0.15, 0.2) is 36.4 Å². The number of aromatic hydroxyl groups is 1. The molecule has 1 N–H and O–H groups in total. The molecule has 0 amide bonds. The summed E-state index contributed by atoms with van der Waals surface area (Å²) in [6.45, 7) is 0. The van der Waals surface area contributed by atoms with E-state index in [1.54, 1.807) is 12.1 Å². The minimum Gasteiger partial charge on any atom is -0.508 e. The Morgan fingerprint density at radius 3 is 1.90 bits per heavy atom. The van der Waals surface area contributed by atoms with E-state index in [-0.39, 0.29) is 11.6 Å². The van der Waals surface area contributed by atoms with Crippen LogP contribution in [0.3, 0.4) is 0 Å². The maximum absolute atomic E-state index is 14.4. The molecule has 0 unspecified atom stereocenters. The first-order valence-corrected chi connectivity index (χ1v) is 7.30. The SMILES string of the molecule is Oc1cc2c(F)c(c1)CCCc1cccc(c1)CCC2. The molecule has 0 aromatic heterocycles. The molecule has 0 atom stereocenters. The first kappa shape index (κ1) is 13.2. The summed E-state index contributed by atoms with van der Waals surface area (Å²) in [5.41, 5.74) is 3.95. The third kappa shape index (κ3) is 2.84. The van der Waals surface area contributed by atoms with Crippen LogP contribution >= 0.6 is 0 Å². The fourth-order valence-corrected chi connectivity index (χ4v) is 3.00. The standard InChI is InChI=1S/C18H19FO/c19-18-15-8-2-6-13-4-1-5-14(10-13)7-3-9-16(18)12-17(20)11-15/h1,4-5,10-12,20H,2-3,6-9H2. The number of rotatable bonds is 0. The summed E-state index contributed by atoms with van der Waals surface area (Å²) in [7, 11) is 0. The number of hydrogen-bond donors (Lipinski definition) is 1. The predicted molar refractivity (Wildman–Crippen MR) is 78.6 cm³/mol. The maximum atomic E-state index is 14.4. The third-order valence-electron chi connectivity index (χ3n) is 4.02. The quantitative estimate of drug-likeness (QED) is 0.761. The van der Waals surface area contributed by atoms with E-state index in [1.807, 2.05) is 0 Å². The fraction of sp³-hybridized carbons (Fsp3) is 0.333. The molecule has 2 aromatic carbocycles. The molecular weight excluding hydrogens is 251 g/mol. The van der Waals surface area contributed by atoms with Crippen molar-refractivity contribution in [2.75, 3.05) is 0 Å². The summed E-state index contributed by atoms with van der Waals surface area (Å²) in [4.78, 5) is 0. The highest BCUT2D eigenvalue weighted by molar-refractivity contribution is 5.36. The summed E-state index contributed by atoms with van der Waals surface area (Å²) >= 11 is 0. The first-order chi connectivity index (χ1) is 9.72. The second kappa shape index (κ2) is 5.66. The topological polar surface area (TPSA) is 20.2 Å². The molecule has 4 bridgehead atoms. The van der Waals surface area contributed by atoms with Gasteiger partial charge in [-0.15, -0.1) is 0 Å². The van der Waals surface area contributed by atoms with E-state index in [1.165, 1.54) is 11.1 Å². The van der Waals surface area contributed by atoms with Crippen LogP contribution in [0.25, 0.3) is 0 Å². The van der Waals surface area contributed by atoms with Crippen LogP contribution in [-0.2, 0) is 25.7 Å². The molecule has 0 saturated carbocycles. The van der Waals surface area contributed by atoms with Gasteiger partial charge in [0.05, 0.1) is 0 Å². The predicted octanol–water partition coefficient (Wildman–Crippen LogP) is 4.20. The largest absolute Gasteiger partial charge is 0.508 e. The molecule has 1 aliphatic rings. The number of aryl methyl sites for hydroxylation is 4. The summed E-state index contributed by atoms with van der Waals surface area (Å²) in [6, 6.07) is 11.8. The van der Waals surface area contributed by atoms with Crippen molar-refractivity contribution in [2.45, 2.75) is 38.5 Å². The monoisotopic (exact) mass is 270 g/mol. The Morgan fingerprint density at radius 1 is 0.800 bits per heavy atom. The summed E-state index contributed by atoms with van der Waals surface area (Å²) in [5.74, 6) is 0.0685. The number of halogens is 1. The molecule has 0 fully saturated rings. The van der Waals surface area contributed by atoms with Gasteiger partial charge in [-0.1, -0.05) is 24.3 Å². The zero-order valence-corrected chi connectivity index (χ0v) is 11.5. The minimum atomic E-state index is -0.118. The van der Waals surface area contributed by atoms with Crippen molar-refractivity contribution < 1.29 is 9.50 Å². The van der Waals surface area contributed by atoms with E-state index in [2.05, 4.69) is 24.3 Å². The van der Waals surface area contributed by atoms with Gasteiger partial charge in [-0.25, -0.2) is 4.39 Å². The van der Waals surface area contributed by atoms with E-state index < -0.39 is 0 Å². The van der Waals surface area contributed by atoms with Crippen LogP contribution in [-0.4, -0.2) is 5.11 Å². The summed E-state index contributed by atoms with van der Waals surface area (Å²) in [5, 5.41) is 9.75. The van der Waals surface area contributed by atoms with Crippen LogP contribution in [0.5, 0.6) is 5.75 Å². The molecule has 104 valence electrons. The Kier molecular flexibility index (Phi) is 3.72. The smallest absolute Gasteiger partial charge is 0.129 e. The number of benzene rings is 2. The number of phenols is 1. The van der Waals surface area contributed by atoms with Crippen LogP contribution in [0.2, 0.25) is 0 Å². The van der Waals surface area contributed by atoms with Gasteiger partial charge in [-0.05, 0) is 72.9 Å². The van der Waals surface area contributed by atoms with Gasteiger partial charge in [0.1, 0.15) is 11.6 Å². The normalized spacial score (nSPS) is 15.2. The lowest BCUT2D eigenvalue weighted by Gasteiger charge is -2.12. The van der Waals surface area contributed by atoms with Crippen LogP contribution in [0.4, 0.5) is 4.39 Å². The Morgan fingerprint density at radius 2 is 1.35 bits per heavy atom. The second-order valence-corrected chi connectivity index (χ2v) is 5.61. The molecule has 0 saturated heterocycles. The molecule has 2 heteroatoms. The van der Waals surface area contributed by atoms with Crippen LogP contribution < -0.4 is 0 Å². The second-order valence-electron chi connectivity index (χ2n) is 5.61.